The van der Waals surface area contributed by atoms with E-state index in [9.17, 15) is 9.59 Å². The first-order valence-electron chi connectivity index (χ1n) is 13.4. The first-order chi connectivity index (χ1) is 18.0. The van der Waals surface area contributed by atoms with Crippen LogP contribution in [0.15, 0.2) is 48.5 Å². The summed E-state index contributed by atoms with van der Waals surface area (Å²) >= 11 is 0. The molecule has 2 aliphatic heterocycles. The van der Waals surface area contributed by atoms with Crippen molar-refractivity contribution in [1.82, 2.24) is 15.1 Å². The number of nitrogens with zero attached hydrogens (tertiary/aromatic N) is 3. The quantitative estimate of drug-likeness (QED) is 0.497. The van der Waals surface area contributed by atoms with E-state index in [4.69, 9.17) is 9.47 Å². The summed E-state index contributed by atoms with van der Waals surface area (Å²) in [5.74, 6) is 1.13. The van der Waals surface area contributed by atoms with Crippen LogP contribution in [-0.2, 0) is 9.59 Å². The summed E-state index contributed by atoms with van der Waals surface area (Å²) in [5.41, 5.74) is 1.67. The third-order valence-electron chi connectivity index (χ3n) is 7.60. The highest BCUT2D eigenvalue weighted by Crippen LogP contribution is 2.40. The molecule has 200 valence electrons. The Bertz CT molecular complexity index is 1020. The van der Waals surface area contributed by atoms with Gasteiger partial charge >= 0.3 is 0 Å². The number of rotatable bonds is 10. The number of ether oxygens (including phenoxy) is 2. The summed E-state index contributed by atoms with van der Waals surface area (Å²) in [7, 11) is 3.25. The number of anilines is 1. The van der Waals surface area contributed by atoms with Gasteiger partial charge in [-0.3, -0.25) is 9.59 Å². The minimum Gasteiger partial charge on any atom is -0.497 e. The van der Waals surface area contributed by atoms with Gasteiger partial charge in [0.05, 0.1) is 26.2 Å². The second-order valence-corrected chi connectivity index (χ2v) is 9.75. The van der Waals surface area contributed by atoms with Crippen molar-refractivity contribution in [3.8, 4) is 11.5 Å². The molecule has 1 N–H and O–H groups in total. The largest absolute Gasteiger partial charge is 0.497 e. The first-order valence-corrected chi connectivity index (χ1v) is 13.4. The summed E-state index contributed by atoms with van der Waals surface area (Å²) in [6, 6.07) is 14.7. The monoisotopic (exact) mass is 508 g/mol. The van der Waals surface area contributed by atoms with Crippen LogP contribution in [-0.4, -0.2) is 81.6 Å². The van der Waals surface area contributed by atoms with Gasteiger partial charge in [0, 0.05) is 44.8 Å². The Morgan fingerprint density at radius 3 is 2.11 bits per heavy atom. The molecule has 0 aromatic heterocycles. The maximum absolute atomic E-state index is 13.5. The van der Waals surface area contributed by atoms with Gasteiger partial charge in [0.1, 0.15) is 11.5 Å². The number of hydrogen-bond donors (Lipinski definition) is 1. The molecule has 4 rings (SSSR count). The highest BCUT2D eigenvalue weighted by atomic mass is 16.5. The van der Waals surface area contributed by atoms with E-state index < -0.39 is 6.04 Å². The standard InChI is InChI=1S/C29H40N4O4/c1-4-31-18-20-32(21-19-31)17-5-16-30-29(35)26-14-15-27(34)33(23-8-12-25(37-3)13-9-23)28(26)22-6-10-24(36-2)11-7-22/h6-13,26,28H,4-5,14-21H2,1-3H3,(H,30,35). The molecule has 8 heteroatoms. The molecule has 2 heterocycles. The molecule has 2 aliphatic rings. The minimum absolute atomic E-state index is 0.00244. The molecule has 0 saturated carbocycles. The Balaban J connectivity index is 1.47. The van der Waals surface area contributed by atoms with E-state index in [1.165, 1.54) is 0 Å². The zero-order chi connectivity index (χ0) is 26.2. The normalized spacial score (nSPS) is 21.1. The Labute approximate surface area is 220 Å². The summed E-state index contributed by atoms with van der Waals surface area (Å²) < 4.78 is 10.6. The second kappa shape index (κ2) is 12.9. The zero-order valence-electron chi connectivity index (χ0n) is 22.3. The second-order valence-electron chi connectivity index (χ2n) is 9.75. The van der Waals surface area contributed by atoms with E-state index in [1.54, 1.807) is 19.1 Å². The number of piperazine rings is 1. The molecule has 2 amide bonds. The molecule has 2 aromatic carbocycles. The van der Waals surface area contributed by atoms with Crippen LogP contribution in [0.3, 0.4) is 0 Å². The van der Waals surface area contributed by atoms with E-state index in [-0.39, 0.29) is 17.7 Å². The molecule has 0 aliphatic carbocycles. The third kappa shape index (κ3) is 6.62. The van der Waals surface area contributed by atoms with Gasteiger partial charge < -0.3 is 29.5 Å². The average Bonchev–Trinajstić information content (AvgIpc) is 2.95. The van der Waals surface area contributed by atoms with Crippen LogP contribution in [0.4, 0.5) is 5.69 Å². The molecule has 0 radical (unpaired) electrons. The lowest BCUT2D eigenvalue weighted by molar-refractivity contribution is -0.129. The molecule has 8 nitrogen and oxygen atoms in total. The number of hydrogen-bond acceptors (Lipinski definition) is 6. The van der Waals surface area contributed by atoms with E-state index in [2.05, 4.69) is 22.0 Å². The van der Waals surface area contributed by atoms with E-state index in [1.807, 2.05) is 48.5 Å². The number of carbonyl (C=O) groups excluding carboxylic acids is 2. The average molecular weight is 509 g/mol. The van der Waals surface area contributed by atoms with Crippen molar-refractivity contribution < 1.29 is 19.1 Å². The van der Waals surface area contributed by atoms with Crippen LogP contribution in [0, 0.1) is 5.92 Å². The van der Waals surface area contributed by atoms with Crippen molar-refractivity contribution in [2.24, 2.45) is 5.92 Å². The Morgan fingerprint density at radius 2 is 1.51 bits per heavy atom. The molecule has 0 spiro atoms. The number of piperidine rings is 1. The lowest BCUT2D eigenvalue weighted by Gasteiger charge is -2.41. The molecule has 2 fully saturated rings. The lowest BCUT2D eigenvalue weighted by atomic mass is 9.83. The Kier molecular flexibility index (Phi) is 9.41. The van der Waals surface area contributed by atoms with Gasteiger partial charge in [0.2, 0.25) is 11.8 Å². The van der Waals surface area contributed by atoms with E-state index >= 15 is 0 Å². The van der Waals surface area contributed by atoms with Gasteiger partial charge in [0.25, 0.3) is 0 Å². The predicted molar refractivity (Wildman–Crippen MR) is 145 cm³/mol. The van der Waals surface area contributed by atoms with Crippen molar-refractivity contribution in [3.63, 3.8) is 0 Å². The van der Waals surface area contributed by atoms with Crippen molar-refractivity contribution in [3.05, 3.63) is 54.1 Å². The smallest absolute Gasteiger partial charge is 0.227 e. The topological polar surface area (TPSA) is 74.4 Å². The zero-order valence-corrected chi connectivity index (χ0v) is 22.3. The summed E-state index contributed by atoms with van der Waals surface area (Å²) in [6.07, 6.45) is 1.77. The molecule has 2 atom stereocenters. The molecule has 2 aromatic rings. The van der Waals surface area contributed by atoms with Gasteiger partial charge in [-0.15, -0.1) is 0 Å². The van der Waals surface area contributed by atoms with Crippen LogP contribution >= 0.6 is 0 Å². The fraction of sp³-hybridized carbons (Fsp3) is 0.517. The van der Waals surface area contributed by atoms with Gasteiger partial charge in [-0.25, -0.2) is 0 Å². The predicted octanol–water partition coefficient (Wildman–Crippen LogP) is 3.33. The lowest BCUT2D eigenvalue weighted by Crippen LogP contribution is -2.49. The summed E-state index contributed by atoms with van der Waals surface area (Å²) in [4.78, 5) is 33.5. The van der Waals surface area contributed by atoms with Crippen LogP contribution in [0.2, 0.25) is 0 Å². The number of nitrogens with one attached hydrogen (secondary N) is 1. The minimum atomic E-state index is -0.400. The SMILES string of the molecule is CCN1CCN(CCCNC(=O)C2CCC(=O)N(c3ccc(OC)cc3)C2c2ccc(OC)cc2)CC1. The number of amides is 2. The van der Waals surface area contributed by atoms with Crippen molar-refractivity contribution in [2.75, 3.05) is 64.9 Å². The number of benzene rings is 2. The van der Waals surface area contributed by atoms with Gasteiger partial charge in [-0.1, -0.05) is 19.1 Å². The molecular weight excluding hydrogens is 468 g/mol. The fourth-order valence-electron chi connectivity index (χ4n) is 5.37. The Hall–Kier alpha value is -3.10. The summed E-state index contributed by atoms with van der Waals surface area (Å²) in [6.45, 7) is 9.34. The maximum Gasteiger partial charge on any atom is 0.227 e. The maximum atomic E-state index is 13.5. The third-order valence-corrected chi connectivity index (χ3v) is 7.60. The summed E-state index contributed by atoms with van der Waals surface area (Å²) in [5, 5.41) is 3.18. The van der Waals surface area contributed by atoms with Crippen LogP contribution < -0.4 is 19.7 Å². The van der Waals surface area contributed by atoms with E-state index in [0.29, 0.717) is 19.4 Å². The van der Waals surface area contributed by atoms with Crippen molar-refractivity contribution in [1.29, 1.82) is 0 Å². The molecule has 0 bridgehead atoms. The van der Waals surface area contributed by atoms with E-state index in [0.717, 1.165) is 68.4 Å². The molecule has 2 saturated heterocycles. The fourth-order valence-corrected chi connectivity index (χ4v) is 5.37. The first kappa shape index (κ1) is 26.9. The number of methoxy groups -OCH3 is 2. The highest BCUT2D eigenvalue weighted by Gasteiger charge is 2.41. The van der Waals surface area contributed by atoms with Crippen molar-refractivity contribution in [2.45, 2.75) is 32.2 Å². The highest BCUT2D eigenvalue weighted by molar-refractivity contribution is 5.97. The molecule has 2 unspecified atom stereocenters. The van der Waals surface area contributed by atoms with Crippen LogP contribution in [0.5, 0.6) is 11.5 Å². The Morgan fingerprint density at radius 1 is 0.919 bits per heavy atom. The molecular formula is C29H40N4O4. The number of carbonyl (C=O) groups is 2. The van der Waals surface area contributed by atoms with Crippen LogP contribution in [0.1, 0.15) is 37.8 Å². The van der Waals surface area contributed by atoms with Gasteiger partial charge in [-0.2, -0.15) is 0 Å². The van der Waals surface area contributed by atoms with Gasteiger partial charge in [0.15, 0.2) is 0 Å². The van der Waals surface area contributed by atoms with Gasteiger partial charge in [-0.05, 0) is 67.9 Å². The van der Waals surface area contributed by atoms with Crippen LogP contribution in [0.25, 0.3) is 0 Å². The van der Waals surface area contributed by atoms with Crippen molar-refractivity contribution >= 4 is 17.5 Å². The number of likely N-dealkylation sites (N-methyl/N-ethyl adjacent to an activating group) is 1. The molecule has 37 heavy (non-hydrogen) atoms.